The van der Waals surface area contributed by atoms with Gasteiger partial charge in [0, 0.05) is 17.5 Å². The third-order valence-electron chi connectivity index (χ3n) is 3.96. The van der Waals surface area contributed by atoms with Crippen LogP contribution in [0.25, 0.3) is 33.4 Å². The lowest BCUT2D eigenvalue weighted by Crippen LogP contribution is -2.10. The van der Waals surface area contributed by atoms with Gasteiger partial charge in [0.2, 0.25) is 12.1 Å². The van der Waals surface area contributed by atoms with E-state index in [2.05, 4.69) is 19.9 Å². The van der Waals surface area contributed by atoms with Crippen LogP contribution in [-0.4, -0.2) is 15.0 Å². The van der Waals surface area contributed by atoms with Crippen molar-refractivity contribution in [2.45, 2.75) is 6.92 Å². The fourth-order valence-corrected chi connectivity index (χ4v) is 2.80. The highest BCUT2D eigenvalue weighted by atomic mass is 14.9. The lowest BCUT2D eigenvalue weighted by Gasteiger charge is -2.09. The summed E-state index contributed by atoms with van der Waals surface area (Å²) in [5.41, 5.74) is 11.6. The number of pyridine rings is 2. The number of H-pyrrole nitrogens is 1. The third-order valence-corrected chi connectivity index (χ3v) is 3.96. The van der Waals surface area contributed by atoms with Crippen LogP contribution < -0.4 is 10.7 Å². The third kappa shape index (κ3) is 2.46. The second kappa shape index (κ2) is 5.70. The van der Waals surface area contributed by atoms with Crippen LogP contribution in [-0.2, 0) is 0 Å². The van der Waals surface area contributed by atoms with Crippen molar-refractivity contribution >= 4 is 16.7 Å². The number of benzene rings is 1. The van der Waals surface area contributed by atoms with Gasteiger partial charge in [-0.05, 0) is 42.8 Å². The molecule has 3 aromatic heterocycles. The summed E-state index contributed by atoms with van der Waals surface area (Å²) in [5, 5.41) is 0.891. The maximum Gasteiger partial charge on any atom is 0.227 e. The molecule has 1 aromatic carbocycles. The molecular formula is C19H16N5+. The average Bonchev–Trinajstić information content (AvgIpc) is 2.62. The summed E-state index contributed by atoms with van der Waals surface area (Å²) >= 11 is 0. The number of rotatable bonds is 2. The first-order valence-corrected chi connectivity index (χ1v) is 7.68. The van der Waals surface area contributed by atoms with Crippen LogP contribution in [0.5, 0.6) is 0 Å². The molecular weight excluding hydrogens is 298 g/mol. The van der Waals surface area contributed by atoms with Gasteiger partial charge >= 0.3 is 0 Å². The highest BCUT2D eigenvalue weighted by Crippen LogP contribution is 2.31. The molecule has 5 heteroatoms. The Kier molecular flexibility index (Phi) is 3.39. The summed E-state index contributed by atoms with van der Waals surface area (Å²) < 4.78 is 0. The van der Waals surface area contributed by atoms with Crippen LogP contribution in [0.4, 0.5) is 5.82 Å². The second-order valence-electron chi connectivity index (χ2n) is 5.61. The van der Waals surface area contributed by atoms with Gasteiger partial charge in [-0.3, -0.25) is 9.97 Å². The summed E-state index contributed by atoms with van der Waals surface area (Å²) in [6.45, 7) is 1.98. The maximum absolute atomic E-state index is 6.05. The first-order valence-electron chi connectivity index (χ1n) is 7.68. The zero-order valence-electron chi connectivity index (χ0n) is 13.2. The molecule has 0 fully saturated rings. The standard InChI is InChI=1S/C19H15N5/c1-12-4-2-6-17(24-12)18-14(5-3-9-21-18)13-7-8-16-15(10-13)19(20)23-11-22-16/h2-11H,1H3,(H2,20,22,23)/p+1. The fourth-order valence-electron chi connectivity index (χ4n) is 2.80. The van der Waals surface area contributed by atoms with Gasteiger partial charge < -0.3 is 5.73 Å². The average molecular weight is 314 g/mol. The molecule has 0 saturated heterocycles. The Hall–Kier alpha value is -3.34. The van der Waals surface area contributed by atoms with Crippen molar-refractivity contribution in [3.63, 3.8) is 0 Å². The minimum Gasteiger partial charge on any atom is -0.318 e. The molecule has 0 saturated carbocycles. The monoisotopic (exact) mass is 314 g/mol. The largest absolute Gasteiger partial charge is 0.318 e. The van der Waals surface area contributed by atoms with Crippen molar-refractivity contribution in [2.75, 3.05) is 5.73 Å². The lowest BCUT2D eigenvalue weighted by atomic mass is 10.00. The number of fused-ring (bicyclic) bond motifs is 1. The Morgan fingerprint density at radius 1 is 1.00 bits per heavy atom. The van der Waals surface area contributed by atoms with E-state index < -0.39 is 0 Å². The molecule has 4 rings (SSSR count). The fraction of sp³-hybridized carbons (Fsp3) is 0.0526. The molecule has 0 unspecified atom stereocenters. The number of hydrogen-bond donors (Lipinski definition) is 1. The number of nitrogen functional groups attached to an aromatic ring is 1. The number of aryl methyl sites for hydroxylation is 1. The molecule has 3 heterocycles. The Morgan fingerprint density at radius 2 is 1.92 bits per heavy atom. The number of nitrogens with one attached hydrogen (secondary N) is 1. The number of nitrogens with two attached hydrogens (primary N) is 1. The zero-order valence-corrected chi connectivity index (χ0v) is 13.2. The minimum atomic E-state index is 0.598. The lowest BCUT2D eigenvalue weighted by molar-refractivity contribution is -0.363. The van der Waals surface area contributed by atoms with Crippen LogP contribution in [0.15, 0.2) is 61.1 Å². The molecule has 0 aliphatic carbocycles. The van der Waals surface area contributed by atoms with E-state index in [-0.39, 0.29) is 0 Å². The van der Waals surface area contributed by atoms with Gasteiger partial charge in [0.25, 0.3) is 0 Å². The first-order chi connectivity index (χ1) is 11.7. The van der Waals surface area contributed by atoms with Gasteiger partial charge in [-0.2, -0.15) is 0 Å². The molecule has 0 spiro atoms. The van der Waals surface area contributed by atoms with E-state index in [4.69, 9.17) is 5.73 Å². The van der Waals surface area contributed by atoms with E-state index in [1.54, 1.807) is 12.5 Å². The van der Waals surface area contributed by atoms with Gasteiger partial charge in [0.1, 0.15) is 0 Å². The SMILES string of the molecule is Cc1cccc(-c2ncccc2-c2ccc3nc[nH+]c(N)c3c2)n1. The zero-order chi connectivity index (χ0) is 16.5. The Bertz CT molecular complexity index is 1040. The number of aromatic amines is 1. The van der Waals surface area contributed by atoms with Crippen LogP contribution in [0.3, 0.4) is 0 Å². The topological polar surface area (TPSA) is 78.8 Å². The van der Waals surface area contributed by atoms with Gasteiger partial charge in [-0.15, -0.1) is 4.98 Å². The first kappa shape index (κ1) is 14.3. The molecule has 0 bridgehead atoms. The van der Waals surface area contributed by atoms with Gasteiger partial charge in [0.05, 0.1) is 16.8 Å². The number of aromatic nitrogens is 4. The van der Waals surface area contributed by atoms with E-state index in [0.29, 0.717) is 5.82 Å². The molecule has 116 valence electrons. The summed E-state index contributed by atoms with van der Waals surface area (Å²) in [5.74, 6) is 0.598. The van der Waals surface area contributed by atoms with Crippen LogP contribution in [0, 0.1) is 6.92 Å². The predicted molar refractivity (Wildman–Crippen MR) is 93.9 cm³/mol. The van der Waals surface area contributed by atoms with Gasteiger partial charge in [0.15, 0.2) is 5.52 Å². The molecule has 0 aliphatic rings. The van der Waals surface area contributed by atoms with Gasteiger partial charge in [-0.25, -0.2) is 4.98 Å². The van der Waals surface area contributed by atoms with E-state index in [0.717, 1.165) is 39.1 Å². The second-order valence-corrected chi connectivity index (χ2v) is 5.61. The minimum absolute atomic E-state index is 0.598. The van der Waals surface area contributed by atoms with Crippen LogP contribution in [0.2, 0.25) is 0 Å². The smallest absolute Gasteiger partial charge is 0.227 e. The molecule has 0 aliphatic heterocycles. The van der Waals surface area contributed by atoms with Crippen molar-refractivity contribution in [3.8, 4) is 22.5 Å². The molecule has 0 amide bonds. The van der Waals surface area contributed by atoms with Crippen molar-refractivity contribution < 1.29 is 4.98 Å². The molecule has 0 atom stereocenters. The number of nitrogens with zero attached hydrogens (tertiary/aromatic N) is 3. The van der Waals surface area contributed by atoms with E-state index in [9.17, 15) is 0 Å². The van der Waals surface area contributed by atoms with Crippen molar-refractivity contribution in [3.05, 3.63) is 66.7 Å². The predicted octanol–water partition coefficient (Wildman–Crippen LogP) is 3.06. The van der Waals surface area contributed by atoms with Crippen LogP contribution >= 0.6 is 0 Å². The highest BCUT2D eigenvalue weighted by Gasteiger charge is 2.12. The molecule has 4 aromatic rings. The summed E-state index contributed by atoms with van der Waals surface area (Å²) in [4.78, 5) is 16.4. The Morgan fingerprint density at radius 3 is 2.79 bits per heavy atom. The van der Waals surface area contributed by atoms with Gasteiger partial charge in [-0.1, -0.05) is 18.2 Å². The molecule has 0 radical (unpaired) electrons. The molecule has 24 heavy (non-hydrogen) atoms. The maximum atomic E-state index is 6.05. The molecule has 5 nitrogen and oxygen atoms in total. The van der Waals surface area contributed by atoms with E-state index >= 15 is 0 Å². The van der Waals surface area contributed by atoms with Crippen LogP contribution in [0.1, 0.15) is 5.69 Å². The quantitative estimate of drug-likeness (QED) is 0.617. The number of anilines is 1. The van der Waals surface area contributed by atoms with Crippen molar-refractivity contribution in [2.24, 2.45) is 0 Å². The Labute approximate surface area is 139 Å². The number of hydrogen-bond acceptors (Lipinski definition) is 4. The summed E-state index contributed by atoms with van der Waals surface area (Å²) in [7, 11) is 0. The van der Waals surface area contributed by atoms with E-state index in [1.165, 1.54) is 0 Å². The van der Waals surface area contributed by atoms with Crippen molar-refractivity contribution in [1.82, 2.24) is 15.0 Å². The summed E-state index contributed by atoms with van der Waals surface area (Å²) in [6.07, 6.45) is 3.39. The Balaban J connectivity index is 1.93. The van der Waals surface area contributed by atoms with Crippen molar-refractivity contribution in [1.29, 1.82) is 0 Å². The molecule has 3 N–H and O–H groups in total. The summed E-state index contributed by atoms with van der Waals surface area (Å²) in [6, 6.07) is 16.0. The normalized spacial score (nSPS) is 10.9. The van der Waals surface area contributed by atoms with E-state index in [1.807, 2.05) is 55.5 Å². The highest BCUT2D eigenvalue weighted by molar-refractivity contribution is 5.92.